The van der Waals surface area contributed by atoms with Crippen LogP contribution in [-0.4, -0.2) is 11.1 Å². The summed E-state index contributed by atoms with van der Waals surface area (Å²) >= 11 is 0. The van der Waals surface area contributed by atoms with E-state index >= 15 is 0 Å². The van der Waals surface area contributed by atoms with Gasteiger partial charge < -0.3 is 5.11 Å². The van der Waals surface area contributed by atoms with Crippen LogP contribution in [0.15, 0.2) is 47.1 Å². The van der Waals surface area contributed by atoms with Gasteiger partial charge in [0.2, 0.25) is 0 Å². The van der Waals surface area contributed by atoms with Crippen LogP contribution in [-0.2, 0) is 4.79 Å². The number of rotatable bonds is 4. The first kappa shape index (κ1) is 13.4. The monoisotopic (exact) mass is 206 g/mol. The Morgan fingerprint density at radius 2 is 1.73 bits per heavy atom. The zero-order chi connectivity index (χ0) is 11.8. The third-order valence-corrected chi connectivity index (χ3v) is 1.65. The second-order valence-corrected chi connectivity index (χ2v) is 3.56. The second-order valence-electron chi connectivity index (χ2n) is 3.56. The lowest BCUT2D eigenvalue weighted by Crippen LogP contribution is -1.97. The molecule has 0 bridgehead atoms. The minimum Gasteiger partial charge on any atom is -0.478 e. The molecule has 0 aliphatic rings. The summed E-state index contributed by atoms with van der Waals surface area (Å²) in [4.78, 5) is 10.8. The molecule has 2 heteroatoms. The van der Waals surface area contributed by atoms with E-state index in [1.54, 1.807) is 18.2 Å². The van der Waals surface area contributed by atoms with E-state index in [1.165, 1.54) is 0 Å². The third kappa shape index (κ3) is 6.49. The van der Waals surface area contributed by atoms with Crippen LogP contribution in [0, 0.1) is 0 Å². The van der Waals surface area contributed by atoms with Crippen LogP contribution in [0.4, 0.5) is 0 Å². The van der Waals surface area contributed by atoms with Gasteiger partial charge in [-0.3, -0.25) is 0 Å². The van der Waals surface area contributed by atoms with E-state index in [9.17, 15) is 4.79 Å². The van der Waals surface area contributed by atoms with Crippen LogP contribution in [0.25, 0.3) is 0 Å². The highest BCUT2D eigenvalue weighted by molar-refractivity contribution is 5.90. The zero-order valence-corrected chi connectivity index (χ0v) is 9.74. The Morgan fingerprint density at radius 3 is 2.13 bits per heavy atom. The predicted molar refractivity (Wildman–Crippen MR) is 63.7 cm³/mol. The van der Waals surface area contributed by atoms with Crippen molar-refractivity contribution in [2.24, 2.45) is 0 Å². The van der Waals surface area contributed by atoms with Crippen molar-refractivity contribution in [3.63, 3.8) is 0 Å². The molecule has 2 nitrogen and oxygen atoms in total. The summed E-state index contributed by atoms with van der Waals surface area (Å²) in [5, 5.41) is 8.90. The maximum Gasteiger partial charge on any atom is 0.335 e. The highest BCUT2D eigenvalue weighted by Gasteiger charge is 2.01. The number of carboxylic acid groups (broad SMARTS) is 1. The fourth-order valence-corrected chi connectivity index (χ4v) is 1.03. The maximum atomic E-state index is 10.8. The summed E-state index contributed by atoms with van der Waals surface area (Å²) in [6.45, 7) is 7.60. The van der Waals surface area contributed by atoms with E-state index in [-0.39, 0.29) is 0 Å². The van der Waals surface area contributed by atoms with E-state index in [0.29, 0.717) is 5.57 Å². The van der Waals surface area contributed by atoms with Gasteiger partial charge in [-0.05, 0) is 39.8 Å². The largest absolute Gasteiger partial charge is 0.478 e. The Hall–Kier alpha value is -1.57. The molecule has 0 fully saturated rings. The second kappa shape index (κ2) is 6.82. The molecule has 0 aromatic carbocycles. The molecule has 82 valence electrons. The first-order valence-electron chi connectivity index (χ1n) is 4.87. The van der Waals surface area contributed by atoms with E-state index in [4.69, 9.17) is 5.11 Å². The van der Waals surface area contributed by atoms with Gasteiger partial charge in [-0.1, -0.05) is 29.4 Å². The van der Waals surface area contributed by atoms with Crippen molar-refractivity contribution in [1.82, 2.24) is 0 Å². The van der Waals surface area contributed by atoms with Crippen LogP contribution in [0.2, 0.25) is 0 Å². The average Bonchev–Trinajstić information content (AvgIpc) is 2.11. The number of hydrogen-bond acceptors (Lipinski definition) is 1. The SMILES string of the molecule is C\C=C/C(C)=C/C=C(\C=C(C)C)C(=O)O. The van der Waals surface area contributed by atoms with Crippen molar-refractivity contribution in [3.05, 3.63) is 47.1 Å². The van der Waals surface area contributed by atoms with Crippen molar-refractivity contribution in [1.29, 1.82) is 0 Å². The smallest absolute Gasteiger partial charge is 0.335 e. The number of aliphatic carboxylic acids is 1. The van der Waals surface area contributed by atoms with Gasteiger partial charge in [0.25, 0.3) is 0 Å². The Kier molecular flexibility index (Phi) is 6.11. The molecule has 15 heavy (non-hydrogen) atoms. The zero-order valence-electron chi connectivity index (χ0n) is 9.74. The molecule has 0 saturated carbocycles. The van der Waals surface area contributed by atoms with Crippen molar-refractivity contribution in [2.75, 3.05) is 0 Å². The molecule has 0 aliphatic heterocycles. The molecule has 0 saturated heterocycles. The average molecular weight is 206 g/mol. The van der Waals surface area contributed by atoms with Crippen molar-refractivity contribution in [2.45, 2.75) is 27.7 Å². The molecule has 0 radical (unpaired) electrons. The Balaban J connectivity index is 4.94. The summed E-state index contributed by atoms with van der Waals surface area (Å²) in [6.07, 6.45) is 8.91. The van der Waals surface area contributed by atoms with Gasteiger partial charge in [-0.15, -0.1) is 0 Å². The molecule has 0 aromatic heterocycles. The van der Waals surface area contributed by atoms with E-state index < -0.39 is 5.97 Å². The fraction of sp³-hybridized carbons (Fsp3) is 0.308. The first-order valence-corrected chi connectivity index (χ1v) is 4.87. The summed E-state index contributed by atoms with van der Waals surface area (Å²) in [6, 6.07) is 0. The molecule has 0 aliphatic carbocycles. The van der Waals surface area contributed by atoms with Gasteiger partial charge in [0.15, 0.2) is 0 Å². The highest BCUT2D eigenvalue weighted by Crippen LogP contribution is 2.04. The highest BCUT2D eigenvalue weighted by atomic mass is 16.4. The standard InChI is InChI=1S/C13H18O2/c1-5-6-11(4)7-8-12(13(14)15)9-10(2)3/h5-9H,1-4H3,(H,14,15)/b6-5-,11-7+,12-8+. The van der Waals surface area contributed by atoms with E-state index in [0.717, 1.165) is 11.1 Å². The van der Waals surface area contributed by atoms with Gasteiger partial charge >= 0.3 is 5.97 Å². The normalized spacial score (nSPS) is 13.1. The first-order chi connectivity index (χ1) is 6.97. The molecule has 1 N–H and O–H groups in total. The topological polar surface area (TPSA) is 37.3 Å². The molecular weight excluding hydrogens is 188 g/mol. The lowest BCUT2D eigenvalue weighted by molar-refractivity contribution is -0.132. The van der Waals surface area contributed by atoms with Crippen LogP contribution < -0.4 is 0 Å². The van der Waals surface area contributed by atoms with Gasteiger partial charge in [-0.2, -0.15) is 0 Å². The molecule has 0 spiro atoms. The third-order valence-electron chi connectivity index (χ3n) is 1.65. The van der Waals surface area contributed by atoms with Gasteiger partial charge in [0.1, 0.15) is 0 Å². The number of carbonyl (C=O) groups is 1. The molecular formula is C13H18O2. The van der Waals surface area contributed by atoms with Crippen LogP contribution >= 0.6 is 0 Å². The van der Waals surface area contributed by atoms with Crippen molar-refractivity contribution >= 4 is 5.97 Å². The molecule has 0 unspecified atom stereocenters. The Labute approximate surface area is 91.3 Å². The van der Waals surface area contributed by atoms with Gasteiger partial charge in [-0.25, -0.2) is 4.79 Å². The summed E-state index contributed by atoms with van der Waals surface area (Å²) in [7, 11) is 0. The lowest BCUT2D eigenvalue weighted by atomic mass is 10.1. The number of carboxylic acids is 1. The Morgan fingerprint density at radius 1 is 1.13 bits per heavy atom. The molecule has 0 atom stereocenters. The number of allylic oxidation sites excluding steroid dienone is 6. The molecule has 0 heterocycles. The van der Waals surface area contributed by atoms with E-state index in [2.05, 4.69) is 0 Å². The molecule has 0 rings (SSSR count). The maximum absolute atomic E-state index is 10.8. The minimum atomic E-state index is -0.902. The molecule has 0 aromatic rings. The van der Waals surface area contributed by atoms with Gasteiger partial charge in [0.05, 0.1) is 5.57 Å². The van der Waals surface area contributed by atoms with Crippen molar-refractivity contribution in [3.8, 4) is 0 Å². The van der Waals surface area contributed by atoms with Gasteiger partial charge in [0, 0.05) is 0 Å². The lowest BCUT2D eigenvalue weighted by Gasteiger charge is -1.95. The van der Waals surface area contributed by atoms with Crippen LogP contribution in [0.1, 0.15) is 27.7 Å². The van der Waals surface area contributed by atoms with Crippen LogP contribution in [0.3, 0.4) is 0 Å². The minimum absolute atomic E-state index is 0.304. The van der Waals surface area contributed by atoms with E-state index in [1.807, 2.05) is 39.8 Å². The molecule has 0 amide bonds. The number of hydrogen-bond donors (Lipinski definition) is 1. The van der Waals surface area contributed by atoms with Crippen molar-refractivity contribution < 1.29 is 9.90 Å². The quantitative estimate of drug-likeness (QED) is 0.564. The summed E-state index contributed by atoms with van der Waals surface area (Å²) < 4.78 is 0. The predicted octanol–water partition coefficient (Wildman–Crippen LogP) is 3.49. The van der Waals surface area contributed by atoms with Crippen LogP contribution in [0.5, 0.6) is 0 Å². The summed E-state index contributed by atoms with van der Waals surface area (Å²) in [5.74, 6) is -0.902. The fourth-order valence-electron chi connectivity index (χ4n) is 1.03. The summed E-state index contributed by atoms with van der Waals surface area (Å²) in [5.41, 5.74) is 2.30. The Bertz CT molecular complexity index is 338.